The van der Waals surface area contributed by atoms with Gasteiger partial charge in [0.25, 0.3) is 0 Å². The van der Waals surface area contributed by atoms with Crippen molar-refractivity contribution < 1.29 is 57.1 Å². The largest absolute Gasteiger partial charge is 0.475 e. The number of aliphatic hydroxyl groups excluding tert-OH is 3. The quantitative estimate of drug-likeness (QED) is 0.247. The zero-order valence-electron chi connectivity index (χ0n) is 12.9. The molecule has 0 aliphatic carbocycles. The minimum Gasteiger partial charge on any atom is -0.475 e. The fourth-order valence-electron chi connectivity index (χ4n) is 2.89. The Bertz CT molecular complexity index is 694. The molecule has 0 saturated carbocycles. The van der Waals surface area contributed by atoms with Crippen LogP contribution in [0.25, 0.3) is 0 Å². The Morgan fingerprint density at radius 1 is 1.27 bits per heavy atom. The number of fused-ring (bicyclic) bond motifs is 2. The first kappa shape index (κ1) is 19.4. The summed E-state index contributed by atoms with van der Waals surface area (Å²) in [5.74, 6) is -2.19. The summed E-state index contributed by atoms with van der Waals surface area (Å²) in [5.41, 5.74) is 0. The maximum Gasteiger partial charge on any atom is 0.371 e. The van der Waals surface area contributed by atoms with E-state index in [0.717, 1.165) is 6.08 Å². The Balaban J connectivity index is 1.78. The molecular formula is C12H17NO12S. The normalized spacial score (nSPS) is 42.8. The molecule has 3 unspecified atom stereocenters. The summed E-state index contributed by atoms with van der Waals surface area (Å²) in [4.78, 5) is 11.0. The van der Waals surface area contributed by atoms with Gasteiger partial charge in [-0.05, 0) is 6.08 Å². The third kappa shape index (κ3) is 3.83. The van der Waals surface area contributed by atoms with Crippen molar-refractivity contribution >= 4 is 16.3 Å². The molecule has 2 fully saturated rings. The number of hydrogen-bond donors (Lipinski definition) is 6. The van der Waals surface area contributed by atoms with Crippen LogP contribution >= 0.6 is 0 Å². The van der Waals surface area contributed by atoms with Gasteiger partial charge in [0.05, 0.1) is 6.61 Å². The summed E-state index contributed by atoms with van der Waals surface area (Å²) in [6, 6.07) is -1.44. The average Bonchev–Trinajstić information content (AvgIpc) is 2.97. The van der Waals surface area contributed by atoms with Crippen LogP contribution in [-0.2, 0) is 34.0 Å². The van der Waals surface area contributed by atoms with Gasteiger partial charge in [-0.15, -0.1) is 0 Å². The van der Waals surface area contributed by atoms with E-state index in [9.17, 15) is 28.5 Å². The average molecular weight is 399 g/mol. The van der Waals surface area contributed by atoms with Gasteiger partial charge in [0, 0.05) is 0 Å². The number of aliphatic hydroxyl groups is 3. The number of carboxylic acids is 1. The van der Waals surface area contributed by atoms with Gasteiger partial charge in [0.2, 0.25) is 12.0 Å². The fourth-order valence-corrected chi connectivity index (χ4v) is 3.48. The predicted octanol–water partition coefficient (Wildman–Crippen LogP) is -3.70. The Hall–Kier alpha value is -1.36. The first-order valence-electron chi connectivity index (χ1n) is 7.40. The van der Waals surface area contributed by atoms with Gasteiger partial charge in [0.1, 0.15) is 36.6 Å². The fraction of sp³-hybridized carbons (Fsp3) is 0.750. The lowest BCUT2D eigenvalue weighted by atomic mass is 9.99. The molecule has 0 radical (unpaired) electrons. The van der Waals surface area contributed by atoms with Crippen LogP contribution in [0.5, 0.6) is 0 Å². The number of hydrogen-bond acceptors (Lipinski definition) is 10. The van der Waals surface area contributed by atoms with Gasteiger partial charge in [0.15, 0.2) is 6.29 Å². The van der Waals surface area contributed by atoms with Gasteiger partial charge in [-0.1, -0.05) is 0 Å². The van der Waals surface area contributed by atoms with Crippen molar-refractivity contribution in [1.82, 2.24) is 4.72 Å². The van der Waals surface area contributed by atoms with Crippen LogP contribution in [0.15, 0.2) is 11.8 Å². The molecule has 14 heteroatoms. The monoisotopic (exact) mass is 399 g/mol. The zero-order chi connectivity index (χ0) is 19.2. The summed E-state index contributed by atoms with van der Waals surface area (Å²) in [5, 5.41) is 39.0. The molecule has 2 bridgehead atoms. The number of rotatable bonds is 5. The molecule has 3 aliphatic rings. The van der Waals surface area contributed by atoms with Crippen molar-refractivity contribution in [2.75, 3.05) is 6.61 Å². The van der Waals surface area contributed by atoms with E-state index in [-0.39, 0.29) is 6.61 Å². The molecule has 8 atom stereocenters. The third-order valence-corrected chi connectivity index (χ3v) is 4.65. The van der Waals surface area contributed by atoms with E-state index in [1.54, 1.807) is 4.72 Å². The lowest BCUT2D eigenvalue weighted by Gasteiger charge is -2.40. The standard InChI is InChI=1S/C12H17NO12S/c14-3-1-4(10(17)18)23-12(7(3)15)25-9-5-2-22-11(24-5)6(8(9)16)13-26(19,20)21/h1,3,5-9,11-16H,2H2,(H,17,18)(H,19,20,21)/t3-,5?,6+,7+,8+,9?,11?,12-/m0/s1. The van der Waals surface area contributed by atoms with E-state index in [0.29, 0.717) is 0 Å². The van der Waals surface area contributed by atoms with Crippen LogP contribution in [-0.4, -0.2) is 95.1 Å². The zero-order valence-corrected chi connectivity index (χ0v) is 13.7. The number of aliphatic carboxylic acids is 1. The van der Waals surface area contributed by atoms with Crippen molar-refractivity contribution in [1.29, 1.82) is 0 Å². The Morgan fingerprint density at radius 3 is 2.58 bits per heavy atom. The van der Waals surface area contributed by atoms with Crippen LogP contribution in [0.3, 0.4) is 0 Å². The highest BCUT2D eigenvalue weighted by atomic mass is 32.2. The summed E-state index contributed by atoms with van der Waals surface area (Å²) >= 11 is 0. The lowest BCUT2D eigenvalue weighted by Crippen LogP contribution is -2.62. The molecule has 13 nitrogen and oxygen atoms in total. The Morgan fingerprint density at radius 2 is 1.96 bits per heavy atom. The SMILES string of the molecule is O=C(O)C1=C[C@H](O)[C@@H](O)[C@H](OC2C3COC(O3)[C@H](NS(=O)(=O)O)[C@H]2O)O1. The number of nitrogens with one attached hydrogen (secondary N) is 1. The first-order chi connectivity index (χ1) is 12.1. The van der Waals surface area contributed by atoms with E-state index in [2.05, 4.69) is 0 Å². The molecule has 148 valence electrons. The van der Waals surface area contributed by atoms with Crippen LogP contribution in [0.2, 0.25) is 0 Å². The maximum absolute atomic E-state index is 11.0. The summed E-state index contributed by atoms with van der Waals surface area (Å²) in [7, 11) is -4.71. The van der Waals surface area contributed by atoms with Crippen LogP contribution < -0.4 is 4.72 Å². The summed E-state index contributed by atoms with van der Waals surface area (Å²) in [6.07, 6.45) is -9.20. The van der Waals surface area contributed by atoms with Gasteiger partial charge in [-0.2, -0.15) is 13.1 Å². The second-order valence-corrected chi connectivity index (χ2v) is 7.08. The van der Waals surface area contributed by atoms with E-state index < -0.39 is 71.2 Å². The Labute approximate surface area is 146 Å². The highest BCUT2D eigenvalue weighted by molar-refractivity contribution is 7.83. The molecule has 0 spiro atoms. The van der Waals surface area contributed by atoms with Crippen molar-refractivity contribution in [3.8, 4) is 0 Å². The van der Waals surface area contributed by atoms with Crippen molar-refractivity contribution in [3.05, 3.63) is 11.8 Å². The number of ether oxygens (including phenoxy) is 4. The van der Waals surface area contributed by atoms with Crippen molar-refractivity contribution in [3.63, 3.8) is 0 Å². The predicted molar refractivity (Wildman–Crippen MR) is 76.6 cm³/mol. The molecule has 0 aromatic carbocycles. The number of carbonyl (C=O) groups is 1. The third-order valence-electron chi connectivity index (χ3n) is 4.08. The highest BCUT2D eigenvalue weighted by Gasteiger charge is 2.53. The van der Waals surface area contributed by atoms with E-state index in [1.807, 2.05) is 0 Å². The van der Waals surface area contributed by atoms with Gasteiger partial charge < -0.3 is 39.4 Å². The van der Waals surface area contributed by atoms with E-state index in [1.165, 1.54) is 0 Å². The highest BCUT2D eigenvalue weighted by Crippen LogP contribution is 2.32. The van der Waals surface area contributed by atoms with E-state index in [4.69, 9.17) is 28.6 Å². The molecule has 26 heavy (non-hydrogen) atoms. The van der Waals surface area contributed by atoms with Gasteiger partial charge in [-0.3, -0.25) is 4.55 Å². The molecular weight excluding hydrogens is 382 g/mol. The number of carboxylic acid groups (broad SMARTS) is 1. The molecule has 0 aromatic heterocycles. The molecule has 3 aliphatic heterocycles. The van der Waals surface area contributed by atoms with Crippen molar-refractivity contribution in [2.45, 2.75) is 49.1 Å². The topological polar surface area (TPSA) is 201 Å². The second-order valence-electron chi connectivity index (χ2n) is 5.89. The van der Waals surface area contributed by atoms with Crippen LogP contribution in [0, 0.1) is 0 Å². The molecule has 3 rings (SSSR count). The summed E-state index contributed by atoms with van der Waals surface area (Å²) < 4.78 is 53.6. The second kappa shape index (κ2) is 6.99. The lowest BCUT2D eigenvalue weighted by molar-refractivity contribution is -0.274. The molecule has 3 heterocycles. The van der Waals surface area contributed by atoms with Crippen molar-refractivity contribution in [2.24, 2.45) is 0 Å². The Kier molecular flexibility index (Phi) is 5.22. The van der Waals surface area contributed by atoms with E-state index >= 15 is 0 Å². The van der Waals surface area contributed by atoms with Gasteiger partial charge in [-0.25, -0.2) is 4.79 Å². The first-order valence-corrected chi connectivity index (χ1v) is 8.84. The molecule has 6 N–H and O–H groups in total. The minimum atomic E-state index is -4.71. The van der Waals surface area contributed by atoms with Gasteiger partial charge >= 0.3 is 16.3 Å². The molecule has 0 aromatic rings. The minimum absolute atomic E-state index is 0.108. The smallest absolute Gasteiger partial charge is 0.371 e. The van der Waals surface area contributed by atoms with Crippen LogP contribution in [0.4, 0.5) is 0 Å². The maximum atomic E-state index is 11.0. The summed E-state index contributed by atoms with van der Waals surface area (Å²) in [6.45, 7) is -0.108. The molecule has 2 saturated heterocycles. The van der Waals surface area contributed by atoms with Crippen LogP contribution in [0.1, 0.15) is 0 Å². The molecule has 0 amide bonds.